The maximum atomic E-state index is 9.92. The predicted molar refractivity (Wildman–Crippen MR) is 56.2 cm³/mol. The van der Waals surface area contributed by atoms with Crippen LogP contribution in [0.25, 0.3) is 0 Å². The molecule has 75 valence electrons. The Hall–Kier alpha value is -1.31. The van der Waals surface area contributed by atoms with Gasteiger partial charge in [-0.15, -0.1) is 0 Å². The predicted octanol–water partition coefficient (Wildman–Crippen LogP) is 2.52. The van der Waals surface area contributed by atoms with Crippen LogP contribution < -0.4 is 4.74 Å². The van der Waals surface area contributed by atoms with Crippen LogP contribution in [0.15, 0.2) is 24.3 Å². The minimum atomic E-state index is 0.451. The summed E-state index contributed by atoms with van der Waals surface area (Å²) in [5.74, 6) is 0.869. The summed E-state index contributed by atoms with van der Waals surface area (Å²) in [6.45, 7) is 2.70. The minimum Gasteiger partial charge on any atom is -0.494 e. The van der Waals surface area contributed by atoms with Gasteiger partial charge in [-0.25, -0.2) is 0 Å². The van der Waals surface area contributed by atoms with Gasteiger partial charge < -0.3 is 4.74 Å². The Morgan fingerprint density at radius 2 is 2.00 bits per heavy atom. The topological polar surface area (TPSA) is 26.3 Å². The summed E-state index contributed by atoms with van der Waals surface area (Å²) in [5.41, 5.74) is 1.30. The van der Waals surface area contributed by atoms with E-state index in [4.69, 9.17) is 4.74 Å². The highest BCUT2D eigenvalue weighted by atomic mass is 16.5. The maximum absolute atomic E-state index is 9.92. The number of carbonyl (C=O) groups excluding carboxylic acids is 1. The third kappa shape index (κ3) is 3.60. The zero-order chi connectivity index (χ0) is 10.2. The largest absolute Gasteiger partial charge is 0.494 e. The van der Waals surface area contributed by atoms with Gasteiger partial charge in [0.05, 0.1) is 6.61 Å². The van der Waals surface area contributed by atoms with Crippen LogP contribution in [0, 0.1) is 0 Å². The van der Waals surface area contributed by atoms with Gasteiger partial charge in [-0.05, 0) is 30.5 Å². The molecule has 1 aromatic carbocycles. The highest BCUT2D eigenvalue weighted by Crippen LogP contribution is 2.12. The lowest BCUT2D eigenvalue weighted by Crippen LogP contribution is -1.97. The molecule has 0 aliphatic heterocycles. The van der Waals surface area contributed by atoms with E-state index in [0.717, 1.165) is 18.6 Å². The van der Waals surface area contributed by atoms with Gasteiger partial charge in [-0.3, -0.25) is 4.79 Å². The minimum absolute atomic E-state index is 0.451. The number of aryl methyl sites for hydroxylation is 1. The molecule has 0 aliphatic rings. The zero-order valence-electron chi connectivity index (χ0n) is 8.45. The van der Waals surface area contributed by atoms with Crippen molar-refractivity contribution in [1.29, 1.82) is 0 Å². The Bertz CT molecular complexity index is 264. The van der Waals surface area contributed by atoms with Crippen molar-refractivity contribution in [2.24, 2.45) is 0 Å². The average molecular weight is 191 g/mol. The van der Waals surface area contributed by atoms with E-state index in [0.29, 0.717) is 13.0 Å². The van der Waals surface area contributed by atoms with E-state index in [2.05, 4.69) is 19.1 Å². The van der Waals surface area contributed by atoms with Crippen LogP contribution >= 0.6 is 0 Å². The monoisotopic (exact) mass is 191 g/mol. The Morgan fingerprint density at radius 1 is 1.29 bits per heavy atom. The summed E-state index contributed by atoms with van der Waals surface area (Å²) < 4.78 is 5.43. The summed E-state index contributed by atoms with van der Waals surface area (Å²) in [6.07, 6.45) is 4.07. The van der Waals surface area contributed by atoms with Crippen LogP contribution in [0.4, 0.5) is 0 Å². The molecule has 0 saturated carbocycles. The zero-order valence-corrected chi connectivity index (χ0v) is 8.45. The smallest absolute Gasteiger partial charge is 0.198 e. The molecule has 0 unspecified atom stereocenters. The van der Waals surface area contributed by atoms with Crippen molar-refractivity contribution in [3.05, 3.63) is 29.8 Å². The lowest BCUT2D eigenvalue weighted by Gasteiger charge is -2.05. The molecule has 14 heavy (non-hydrogen) atoms. The number of rotatable bonds is 6. The molecule has 1 radical (unpaired) electrons. The summed E-state index contributed by atoms with van der Waals surface area (Å²) >= 11 is 0. The Balaban J connectivity index is 2.32. The van der Waals surface area contributed by atoms with Crippen LogP contribution in [-0.2, 0) is 11.2 Å². The number of hydrogen-bond acceptors (Lipinski definition) is 2. The van der Waals surface area contributed by atoms with Gasteiger partial charge >= 0.3 is 0 Å². The second kappa shape index (κ2) is 6.19. The molecular formula is C12H15O2. The number of unbranched alkanes of at least 4 members (excludes halogenated alkanes) is 1. The van der Waals surface area contributed by atoms with Crippen molar-refractivity contribution in [1.82, 2.24) is 0 Å². The maximum Gasteiger partial charge on any atom is 0.198 e. The fourth-order valence-electron chi connectivity index (χ4n) is 1.16. The fourth-order valence-corrected chi connectivity index (χ4v) is 1.16. The van der Waals surface area contributed by atoms with Crippen LogP contribution in [0.3, 0.4) is 0 Å². The SMILES string of the molecule is CCc1ccc(OCCC[C]=O)cc1. The Kier molecular flexibility index (Phi) is 4.76. The van der Waals surface area contributed by atoms with E-state index in [-0.39, 0.29) is 0 Å². The first-order valence-electron chi connectivity index (χ1n) is 4.93. The lowest BCUT2D eigenvalue weighted by molar-refractivity contribution is 0.312. The van der Waals surface area contributed by atoms with Crippen molar-refractivity contribution in [2.45, 2.75) is 26.2 Å². The summed E-state index contributed by atoms with van der Waals surface area (Å²) in [5, 5.41) is 0. The summed E-state index contributed by atoms with van der Waals surface area (Å²) in [6, 6.07) is 8.04. The highest BCUT2D eigenvalue weighted by Gasteiger charge is 1.93. The molecule has 0 N–H and O–H groups in total. The molecule has 0 atom stereocenters. The van der Waals surface area contributed by atoms with Crippen LogP contribution in [0.5, 0.6) is 5.75 Å². The van der Waals surface area contributed by atoms with Gasteiger partial charge in [-0.2, -0.15) is 0 Å². The third-order valence-electron chi connectivity index (χ3n) is 2.02. The molecule has 0 aliphatic carbocycles. The first-order chi connectivity index (χ1) is 6.86. The molecule has 0 saturated heterocycles. The second-order valence-corrected chi connectivity index (χ2v) is 3.09. The number of benzene rings is 1. The van der Waals surface area contributed by atoms with Crippen molar-refractivity contribution in [2.75, 3.05) is 6.61 Å². The van der Waals surface area contributed by atoms with Crippen molar-refractivity contribution in [3.8, 4) is 5.75 Å². The van der Waals surface area contributed by atoms with Gasteiger partial charge in [0.2, 0.25) is 0 Å². The van der Waals surface area contributed by atoms with Crippen molar-refractivity contribution >= 4 is 6.29 Å². The van der Waals surface area contributed by atoms with Gasteiger partial charge in [0.15, 0.2) is 6.29 Å². The first kappa shape index (κ1) is 10.8. The van der Waals surface area contributed by atoms with E-state index >= 15 is 0 Å². The molecule has 0 aromatic heterocycles. The van der Waals surface area contributed by atoms with Crippen molar-refractivity contribution < 1.29 is 9.53 Å². The Labute approximate surface area is 84.9 Å². The first-order valence-corrected chi connectivity index (χ1v) is 4.93. The van der Waals surface area contributed by atoms with Gasteiger partial charge in [0.1, 0.15) is 5.75 Å². The van der Waals surface area contributed by atoms with Crippen LogP contribution in [0.2, 0.25) is 0 Å². The molecule has 0 spiro atoms. The molecule has 0 amide bonds. The summed E-state index contributed by atoms with van der Waals surface area (Å²) in [4.78, 5) is 9.92. The summed E-state index contributed by atoms with van der Waals surface area (Å²) in [7, 11) is 0. The van der Waals surface area contributed by atoms with Crippen LogP contribution in [-0.4, -0.2) is 12.9 Å². The molecule has 0 bridgehead atoms. The highest BCUT2D eigenvalue weighted by molar-refractivity contribution is 5.50. The Morgan fingerprint density at radius 3 is 2.57 bits per heavy atom. The third-order valence-corrected chi connectivity index (χ3v) is 2.02. The van der Waals surface area contributed by atoms with E-state index in [9.17, 15) is 4.79 Å². The molecule has 0 heterocycles. The lowest BCUT2D eigenvalue weighted by atomic mass is 10.2. The molecule has 1 aromatic rings. The normalized spacial score (nSPS) is 9.79. The van der Waals surface area contributed by atoms with Crippen molar-refractivity contribution in [3.63, 3.8) is 0 Å². The molecule has 2 nitrogen and oxygen atoms in total. The van der Waals surface area contributed by atoms with Gasteiger partial charge in [-0.1, -0.05) is 19.1 Å². The van der Waals surface area contributed by atoms with E-state index in [1.807, 2.05) is 18.4 Å². The molecule has 0 fully saturated rings. The molecular weight excluding hydrogens is 176 g/mol. The van der Waals surface area contributed by atoms with Gasteiger partial charge in [0.25, 0.3) is 0 Å². The quantitative estimate of drug-likeness (QED) is 0.646. The van der Waals surface area contributed by atoms with E-state index < -0.39 is 0 Å². The molecule has 2 heteroatoms. The van der Waals surface area contributed by atoms with Gasteiger partial charge in [0, 0.05) is 6.42 Å². The average Bonchev–Trinajstić information content (AvgIpc) is 2.25. The fraction of sp³-hybridized carbons (Fsp3) is 0.417. The number of ether oxygens (including phenoxy) is 1. The number of hydrogen-bond donors (Lipinski definition) is 0. The molecule has 1 rings (SSSR count). The van der Waals surface area contributed by atoms with E-state index in [1.54, 1.807) is 0 Å². The second-order valence-electron chi connectivity index (χ2n) is 3.09. The van der Waals surface area contributed by atoms with Crippen LogP contribution in [0.1, 0.15) is 25.3 Å². The van der Waals surface area contributed by atoms with E-state index in [1.165, 1.54) is 5.56 Å². The standard InChI is InChI=1S/C12H15O2/c1-2-11-5-7-12(8-6-11)14-10-4-3-9-13/h5-8H,2-4,10H2,1H3.